The summed E-state index contributed by atoms with van der Waals surface area (Å²) < 4.78 is 0. The average Bonchev–Trinajstić information content (AvgIpc) is 2.41. The molecule has 1 nitrogen and oxygen atoms in total. The highest BCUT2D eigenvalue weighted by Gasteiger charge is 2.30. The number of allylic oxidation sites excluding steroid dienone is 2. The number of Topliss-reactive ketones (excluding diaryl/α,β-unsaturated/α-hetero) is 1. The summed E-state index contributed by atoms with van der Waals surface area (Å²) in [6.07, 6.45) is 10.8. The molecule has 1 fully saturated rings. The predicted molar refractivity (Wildman–Crippen MR) is 55.6 cm³/mol. The van der Waals surface area contributed by atoms with E-state index in [0.29, 0.717) is 5.78 Å². The van der Waals surface area contributed by atoms with E-state index in [1.165, 1.54) is 19.3 Å². The zero-order valence-electron chi connectivity index (χ0n) is 8.81. The normalized spacial score (nSPS) is 28.9. The number of ketones is 1. The van der Waals surface area contributed by atoms with Gasteiger partial charge in [0, 0.05) is 12.8 Å². The Balaban J connectivity index is 2.34. The third-order valence-corrected chi connectivity index (χ3v) is 2.82. The summed E-state index contributed by atoms with van der Waals surface area (Å²) in [5, 5.41) is 0. The lowest BCUT2D eigenvalue weighted by molar-refractivity contribution is -0.117. The van der Waals surface area contributed by atoms with Gasteiger partial charge in [-0.1, -0.05) is 38.8 Å². The van der Waals surface area contributed by atoms with E-state index in [-0.39, 0.29) is 5.41 Å². The number of carbonyl (C=O) groups excluding carboxylic acids is 1. The molecule has 1 heteroatoms. The predicted octanol–water partition coefficient (Wildman–Crippen LogP) is 3.49. The second-order valence-corrected chi connectivity index (χ2v) is 4.41. The van der Waals surface area contributed by atoms with Gasteiger partial charge in [-0.05, 0) is 18.3 Å². The Kier molecular flexibility index (Phi) is 3.71. The van der Waals surface area contributed by atoms with Crippen LogP contribution in [0.1, 0.15) is 52.4 Å². The van der Waals surface area contributed by atoms with Crippen LogP contribution in [0, 0.1) is 5.41 Å². The van der Waals surface area contributed by atoms with Gasteiger partial charge in [-0.15, -0.1) is 0 Å². The highest BCUT2D eigenvalue weighted by atomic mass is 16.1. The number of hydrogen-bond acceptors (Lipinski definition) is 1. The molecule has 1 saturated carbocycles. The van der Waals surface area contributed by atoms with Gasteiger partial charge in [-0.2, -0.15) is 0 Å². The average molecular weight is 180 g/mol. The van der Waals surface area contributed by atoms with Crippen LogP contribution in [-0.2, 0) is 4.79 Å². The highest BCUT2D eigenvalue weighted by molar-refractivity contribution is 5.81. The van der Waals surface area contributed by atoms with Gasteiger partial charge in [-0.3, -0.25) is 4.79 Å². The van der Waals surface area contributed by atoms with Gasteiger partial charge < -0.3 is 0 Å². The van der Waals surface area contributed by atoms with Crippen LogP contribution in [0.2, 0.25) is 0 Å². The molecule has 1 aliphatic rings. The fourth-order valence-corrected chi connectivity index (χ4v) is 1.88. The fraction of sp³-hybridized carbons (Fsp3) is 0.750. The van der Waals surface area contributed by atoms with E-state index in [9.17, 15) is 4.79 Å². The van der Waals surface area contributed by atoms with Gasteiger partial charge in [0.25, 0.3) is 0 Å². The summed E-state index contributed by atoms with van der Waals surface area (Å²) in [6, 6.07) is 0. The standard InChI is InChI=1S/C12H20O/c1-3-4-5-6-8-12(2)9-7-11(13)10-12/h6,8H,3-5,7,9-10H2,1-2H3/b8-6+/t12-/m1/s1. The molecule has 0 spiro atoms. The molecule has 0 amide bonds. The van der Waals surface area contributed by atoms with Crippen molar-refractivity contribution < 1.29 is 4.79 Å². The Bertz CT molecular complexity index is 205. The fourth-order valence-electron chi connectivity index (χ4n) is 1.88. The lowest BCUT2D eigenvalue weighted by Crippen LogP contribution is -2.07. The number of carbonyl (C=O) groups is 1. The first-order valence-electron chi connectivity index (χ1n) is 5.36. The van der Waals surface area contributed by atoms with E-state index < -0.39 is 0 Å². The van der Waals surface area contributed by atoms with Crippen LogP contribution in [0.4, 0.5) is 0 Å². The van der Waals surface area contributed by atoms with Gasteiger partial charge in [0.05, 0.1) is 0 Å². The topological polar surface area (TPSA) is 17.1 Å². The summed E-state index contributed by atoms with van der Waals surface area (Å²) in [5.74, 6) is 0.433. The van der Waals surface area contributed by atoms with Crippen LogP contribution < -0.4 is 0 Å². The van der Waals surface area contributed by atoms with Crippen molar-refractivity contribution in [2.45, 2.75) is 52.4 Å². The molecule has 1 aliphatic carbocycles. The van der Waals surface area contributed by atoms with E-state index in [0.717, 1.165) is 19.3 Å². The molecular formula is C12H20O. The molecule has 0 aromatic carbocycles. The Morgan fingerprint density at radius 1 is 1.54 bits per heavy atom. The Hall–Kier alpha value is -0.590. The first kappa shape index (κ1) is 10.5. The summed E-state index contributed by atoms with van der Waals surface area (Å²) in [6.45, 7) is 4.40. The molecule has 13 heavy (non-hydrogen) atoms. The maximum absolute atomic E-state index is 11.1. The molecular weight excluding hydrogens is 160 g/mol. The molecule has 0 N–H and O–H groups in total. The van der Waals surface area contributed by atoms with E-state index in [2.05, 4.69) is 26.0 Å². The Morgan fingerprint density at radius 2 is 2.31 bits per heavy atom. The summed E-state index contributed by atoms with van der Waals surface area (Å²) in [7, 11) is 0. The molecule has 0 heterocycles. The second kappa shape index (κ2) is 4.59. The molecule has 0 aromatic rings. The first-order chi connectivity index (χ1) is 6.16. The molecule has 0 radical (unpaired) electrons. The maximum Gasteiger partial charge on any atom is 0.133 e. The van der Waals surface area contributed by atoms with Crippen molar-refractivity contribution in [2.24, 2.45) is 5.41 Å². The van der Waals surface area contributed by atoms with Crippen LogP contribution in [0.5, 0.6) is 0 Å². The summed E-state index contributed by atoms with van der Waals surface area (Å²) in [4.78, 5) is 11.1. The van der Waals surface area contributed by atoms with Crippen LogP contribution in [0.3, 0.4) is 0 Å². The number of unbranched alkanes of at least 4 members (excludes halogenated alkanes) is 2. The molecule has 0 aliphatic heterocycles. The molecule has 1 rings (SSSR count). The largest absolute Gasteiger partial charge is 0.300 e. The lowest BCUT2D eigenvalue weighted by Gasteiger charge is -2.16. The summed E-state index contributed by atoms with van der Waals surface area (Å²) >= 11 is 0. The van der Waals surface area contributed by atoms with Gasteiger partial charge in [0.2, 0.25) is 0 Å². The van der Waals surface area contributed by atoms with E-state index in [1.54, 1.807) is 0 Å². The minimum absolute atomic E-state index is 0.185. The molecule has 1 atom stereocenters. The van der Waals surface area contributed by atoms with Crippen molar-refractivity contribution in [1.29, 1.82) is 0 Å². The van der Waals surface area contributed by atoms with Crippen molar-refractivity contribution >= 4 is 5.78 Å². The minimum atomic E-state index is 0.185. The van der Waals surface area contributed by atoms with Crippen molar-refractivity contribution in [3.8, 4) is 0 Å². The zero-order chi connectivity index (χ0) is 9.73. The molecule has 0 aromatic heterocycles. The maximum atomic E-state index is 11.1. The van der Waals surface area contributed by atoms with Crippen molar-refractivity contribution in [2.75, 3.05) is 0 Å². The smallest absolute Gasteiger partial charge is 0.133 e. The van der Waals surface area contributed by atoms with Gasteiger partial charge >= 0.3 is 0 Å². The lowest BCUT2D eigenvalue weighted by atomic mass is 9.88. The van der Waals surface area contributed by atoms with Gasteiger partial charge in [0.1, 0.15) is 5.78 Å². The van der Waals surface area contributed by atoms with E-state index in [4.69, 9.17) is 0 Å². The minimum Gasteiger partial charge on any atom is -0.300 e. The van der Waals surface area contributed by atoms with Crippen molar-refractivity contribution in [3.63, 3.8) is 0 Å². The van der Waals surface area contributed by atoms with Crippen LogP contribution in [0.15, 0.2) is 12.2 Å². The Labute approximate surface area is 81.2 Å². The SMILES string of the molecule is CCCC/C=C/[C@]1(C)CCC(=O)C1. The van der Waals surface area contributed by atoms with E-state index >= 15 is 0 Å². The van der Waals surface area contributed by atoms with Gasteiger partial charge in [0.15, 0.2) is 0 Å². The van der Waals surface area contributed by atoms with Crippen LogP contribution in [-0.4, -0.2) is 5.78 Å². The summed E-state index contributed by atoms with van der Waals surface area (Å²) in [5.41, 5.74) is 0.185. The van der Waals surface area contributed by atoms with E-state index in [1.807, 2.05) is 0 Å². The third-order valence-electron chi connectivity index (χ3n) is 2.82. The first-order valence-corrected chi connectivity index (χ1v) is 5.36. The van der Waals surface area contributed by atoms with Crippen LogP contribution >= 0.6 is 0 Å². The molecule has 0 bridgehead atoms. The zero-order valence-corrected chi connectivity index (χ0v) is 8.81. The van der Waals surface area contributed by atoms with Crippen molar-refractivity contribution in [1.82, 2.24) is 0 Å². The number of hydrogen-bond donors (Lipinski definition) is 0. The third kappa shape index (κ3) is 3.33. The quantitative estimate of drug-likeness (QED) is 0.478. The molecule has 0 unspecified atom stereocenters. The van der Waals surface area contributed by atoms with Crippen molar-refractivity contribution in [3.05, 3.63) is 12.2 Å². The monoisotopic (exact) mass is 180 g/mol. The number of rotatable bonds is 4. The Morgan fingerprint density at radius 3 is 2.85 bits per heavy atom. The second-order valence-electron chi connectivity index (χ2n) is 4.41. The van der Waals surface area contributed by atoms with Gasteiger partial charge in [-0.25, -0.2) is 0 Å². The molecule has 74 valence electrons. The highest BCUT2D eigenvalue weighted by Crippen LogP contribution is 2.36. The molecule has 0 saturated heterocycles. The van der Waals surface area contributed by atoms with Crippen LogP contribution in [0.25, 0.3) is 0 Å².